The summed E-state index contributed by atoms with van der Waals surface area (Å²) in [5.41, 5.74) is 0.495. The Hall–Kier alpha value is -1.41. The van der Waals surface area contributed by atoms with Crippen molar-refractivity contribution in [3.63, 3.8) is 0 Å². The van der Waals surface area contributed by atoms with Crippen LogP contribution in [-0.4, -0.2) is 13.7 Å². The van der Waals surface area contributed by atoms with Crippen molar-refractivity contribution in [1.29, 1.82) is 5.26 Å². The van der Waals surface area contributed by atoms with E-state index in [0.29, 0.717) is 18.4 Å². The summed E-state index contributed by atoms with van der Waals surface area (Å²) in [6.07, 6.45) is 1.31. The molecule has 1 aliphatic carbocycles. The highest BCUT2D eigenvalue weighted by Crippen LogP contribution is 2.34. The molecule has 1 fully saturated rings. The predicted molar refractivity (Wildman–Crippen MR) is 55.9 cm³/mol. The minimum absolute atomic E-state index is 0.0840. The van der Waals surface area contributed by atoms with Crippen molar-refractivity contribution in [1.82, 2.24) is 0 Å². The highest BCUT2D eigenvalue weighted by molar-refractivity contribution is 7.92. The van der Waals surface area contributed by atoms with Crippen LogP contribution in [0.25, 0.3) is 0 Å². The Labute approximate surface area is 93.4 Å². The lowest BCUT2D eigenvalue weighted by molar-refractivity contribution is 0.565. The highest BCUT2D eigenvalue weighted by Gasteiger charge is 2.38. The summed E-state index contributed by atoms with van der Waals surface area (Å²) >= 11 is 0. The first-order chi connectivity index (χ1) is 7.55. The maximum Gasteiger partial charge on any atom is 0.184 e. The minimum atomic E-state index is -3.49. The molecule has 0 bridgehead atoms. The maximum atomic E-state index is 13.6. The smallest absolute Gasteiger partial charge is 0.184 e. The molecule has 0 spiro atoms. The molecule has 0 radical (unpaired) electrons. The van der Waals surface area contributed by atoms with Gasteiger partial charge in [-0.25, -0.2) is 12.8 Å². The average Bonchev–Trinajstić information content (AvgIpc) is 3.00. The zero-order valence-electron chi connectivity index (χ0n) is 8.48. The van der Waals surface area contributed by atoms with E-state index in [-0.39, 0.29) is 11.3 Å². The Kier molecular flexibility index (Phi) is 2.68. The van der Waals surface area contributed by atoms with Crippen molar-refractivity contribution in [2.24, 2.45) is 0 Å². The highest BCUT2D eigenvalue weighted by atomic mass is 32.2. The molecule has 0 heterocycles. The molecule has 0 N–H and O–H groups in total. The molecule has 84 valence electrons. The summed E-state index contributed by atoms with van der Waals surface area (Å²) in [6.45, 7) is 0. The normalized spacial score (nSPS) is 15.8. The van der Waals surface area contributed by atoms with E-state index in [0.717, 1.165) is 6.07 Å². The van der Waals surface area contributed by atoms with Crippen LogP contribution in [0.2, 0.25) is 0 Å². The third-order valence-electron chi connectivity index (χ3n) is 2.55. The van der Waals surface area contributed by atoms with Crippen molar-refractivity contribution in [3.05, 3.63) is 29.6 Å². The van der Waals surface area contributed by atoms with Gasteiger partial charge in [0.15, 0.2) is 9.84 Å². The quantitative estimate of drug-likeness (QED) is 0.808. The van der Waals surface area contributed by atoms with Crippen molar-refractivity contribution in [3.8, 4) is 6.07 Å². The molecule has 5 heteroatoms. The summed E-state index contributed by atoms with van der Waals surface area (Å²) in [5, 5.41) is 8.03. The van der Waals surface area contributed by atoms with Gasteiger partial charge in [0.2, 0.25) is 0 Å². The van der Waals surface area contributed by atoms with Gasteiger partial charge in [0.05, 0.1) is 17.7 Å². The molecule has 1 aromatic carbocycles. The molecular formula is C11H10FNO2S. The summed E-state index contributed by atoms with van der Waals surface area (Å²) in [5.74, 6) is -0.750. The number of nitrogens with zero attached hydrogens (tertiary/aromatic N) is 1. The van der Waals surface area contributed by atoms with Gasteiger partial charge in [0, 0.05) is 0 Å². The topological polar surface area (TPSA) is 57.9 Å². The first-order valence-corrected chi connectivity index (χ1v) is 6.49. The van der Waals surface area contributed by atoms with E-state index in [2.05, 4.69) is 0 Å². The zero-order chi connectivity index (χ0) is 11.8. The van der Waals surface area contributed by atoms with Crippen LogP contribution in [-0.2, 0) is 16.3 Å². The van der Waals surface area contributed by atoms with Gasteiger partial charge in [-0.3, -0.25) is 0 Å². The Morgan fingerprint density at radius 3 is 2.62 bits per heavy atom. The SMILES string of the molecule is N#CCc1ccc(S(=O)(=O)C2CC2)c(F)c1. The largest absolute Gasteiger partial charge is 0.223 e. The van der Waals surface area contributed by atoms with E-state index in [1.54, 1.807) is 0 Å². The van der Waals surface area contributed by atoms with Gasteiger partial charge in [-0.15, -0.1) is 0 Å². The fraction of sp³-hybridized carbons (Fsp3) is 0.364. The van der Waals surface area contributed by atoms with Crippen LogP contribution in [0.5, 0.6) is 0 Å². The Morgan fingerprint density at radius 1 is 1.44 bits per heavy atom. The van der Waals surface area contributed by atoms with E-state index in [1.165, 1.54) is 12.1 Å². The van der Waals surface area contributed by atoms with E-state index in [1.807, 2.05) is 6.07 Å². The Balaban J connectivity index is 2.40. The van der Waals surface area contributed by atoms with Gasteiger partial charge in [-0.2, -0.15) is 5.26 Å². The second-order valence-corrected chi connectivity index (χ2v) is 6.04. The van der Waals surface area contributed by atoms with Gasteiger partial charge in [-0.05, 0) is 30.5 Å². The van der Waals surface area contributed by atoms with Crippen molar-refractivity contribution in [2.75, 3.05) is 0 Å². The number of rotatable bonds is 3. The van der Waals surface area contributed by atoms with Crippen LogP contribution in [0.1, 0.15) is 18.4 Å². The van der Waals surface area contributed by atoms with Gasteiger partial charge in [0.1, 0.15) is 10.7 Å². The molecule has 1 aromatic rings. The Morgan fingerprint density at radius 2 is 2.12 bits per heavy atom. The minimum Gasteiger partial charge on any atom is -0.223 e. The second kappa shape index (κ2) is 3.87. The van der Waals surface area contributed by atoms with Crippen LogP contribution in [0, 0.1) is 17.1 Å². The predicted octanol–water partition coefficient (Wildman–Crippen LogP) is 1.83. The second-order valence-electron chi connectivity index (χ2n) is 3.84. The van der Waals surface area contributed by atoms with Crippen LogP contribution >= 0.6 is 0 Å². The number of hydrogen-bond acceptors (Lipinski definition) is 3. The summed E-state index contributed by atoms with van der Waals surface area (Å²) in [7, 11) is -3.49. The molecule has 1 aliphatic rings. The molecule has 0 atom stereocenters. The van der Waals surface area contributed by atoms with Crippen LogP contribution < -0.4 is 0 Å². The van der Waals surface area contributed by atoms with E-state index >= 15 is 0 Å². The third kappa shape index (κ3) is 1.93. The summed E-state index contributed by atoms with van der Waals surface area (Å²) in [4.78, 5) is -0.239. The molecule has 16 heavy (non-hydrogen) atoms. The zero-order valence-corrected chi connectivity index (χ0v) is 9.30. The van der Waals surface area contributed by atoms with Gasteiger partial charge in [0.25, 0.3) is 0 Å². The monoisotopic (exact) mass is 239 g/mol. The Bertz CT molecular complexity index is 556. The molecule has 0 saturated heterocycles. The van der Waals surface area contributed by atoms with Gasteiger partial charge >= 0.3 is 0 Å². The molecule has 0 aromatic heterocycles. The number of sulfone groups is 1. The van der Waals surface area contributed by atoms with Crippen molar-refractivity contribution in [2.45, 2.75) is 29.4 Å². The number of halogens is 1. The standard InChI is InChI=1S/C11H10FNO2S/c12-10-7-8(5-6-13)1-4-11(10)16(14,15)9-2-3-9/h1,4,7,9H,2-3,5H2. The molecule has 3 nitrogen and oxygen atoms in total. The molecular weight excluding hydrogens is 229 g/mol. The fourth-order valence-corrected chi connectivity index (χ4v) is 3.24. The number of nitriles is 1. The van der Waals surface area contributed by atoms with Gasteiger partial charge in [-0.1, -0.05) is 6.07 Å². The van der Waals surface area contributed by atoms with Crippen LogP contribution in [0.3, 0.4) is 0 Å². The average molecular weight is 239 g/mol. The van der Waals surface area contributed by atoms with E-state index in [9.17, 15) is 12.8 Å². The lowest BCUT2D eigenvalue weighted by Crippen LogP contribution is -2.09. The first-order valence-electron chi connectivity index (χ1n) is 4.95. The molecule has 0 amide bonds. The van der Waals surface area contributed by atoms with Crippen LogP contribution in [0.15, 0.2) is 23.1 Å². The lowest BCUT2D eigenvalue weighted by Gasteiger charge is -2.05. The van der Waals surface area contributed by atoms with Crippen molar-refractivity contribution >= 4 is 9.84 Å². The fourth-order valence-electron chi connectivity index (χ4n) is 1.53. The molecule has 1 saturated carbocycles. The van der Waals surface area contributed by atoms with Gasteiger partial charge < -0.3 is 0 Å². The summed E-state index contributed by atoms with van der Waals surface area (Å²) in [6, 6.07) is 5.76. The van der Waals surface area contributed by atoms with E-state index in [4.69, 9.17) is 5.26 Å². The third-order valence-corrected chi connectivity index (χ3v) is 4.84. The number of benzene rings is 1. The maximum absolute atomic E-state index is 13.6. The lowest BCUT2D eigenvalue weighted by atomic mass is 10.2. The molecule has 0 unspecified atom stereocenters. The number of hydrogen-bond donors (Lipinski definition) is 0. The van der Waals surface area contributed by atoms with Crippen LogP contribution in [0.4, 0.5) is 4.39 Å². The van der Waals surface area contributed by atoms with E-state index < -0.39 is 20.9 Å². The summed E-state index contributed by atoms with van der Waals surface area (Å²) < 4.78 is 37.1. The van der Waals surface area contributed by atoms with Crippen molar-refractivity contribution < 1.29 is 12.8 Å². The first kappa shape index (κ1) is 11.1. The molecule has 0 aliphatic heterocycles. The molecule has 2 rings (SSSR count).